The maximum absolute atomic E-state index is 6.20. The Labute approximate surface area is 134 Å². The van der Waals surface area contributed by atoms with Gasteiger partial charge in [0.25, 0.3) is 0 Å². The van der Waals surface area contributed by atoms with Crippen LogP contribution < -0.4 is 5.32 Å². The summed E-state index contributed by atoms with van der Waals surface area (Å²) in [4.78, 5) is 0. The van der Waals surface area contributed by atoms with Crippen LogP contribution in [-0.4, -0.2) is 7.05 Å². The molecule has 2 rings (SSSR count). The van der Waals surface area contributed by atoms with Crippen LogP contribution in [0.3, 0.4) is 0 Å². The molecule has 106 valence electrons. The van der Waals surface area contributed by atoms with Crippen molar-refractivity contribution < 1.29 is 0 Å². The number of hydrogen-bond acceptors (Lipinski definition) is 1. The van der Waals surface area contributed by atoms with Crippen molar-refractivity contribution in [1.29, 1.82) is 0 Å². The molecule has 0 saturated carbocycles. The van der Waals surface area contributed by atoms with Crippen molar-refractivity contribution in [2.45, 2.75) is 26.3 Å². The lowest BCUT2D eigenvalue weighted by molar-refractivity contribution is 0.590. The monoisotopic (exact) mass is 351 g/mol. The van der Waals surface area contributed by atoms with E-state index in [0.29, 0.717) is 0 Å². The second-order valence-corrected chi connectivity index (χ2v) is 6.41. The van der Waals surface area contributed by atoms with E-state index in [-0.39, 0.29) is 6.04 Å². The normalized spacial score (nSPS) is 12.4. The first-order chi connectivity index (χ1) is 9.51. The van der Waals surface area contributed by atoms with Crippen molar-refractivity contribution in [1.82, 2.24) is 5.32 Å². The van der Waals surface area contributed by atoms with Gasteiger partial charge in [-0.3, -0.25) is 0 Å². The summed E-state index contributed by atoms with van der Waals surface area (Å²) in [6, 6.07) is 13.0. The molecular formula is C17H19BrClN. The maximum Gasteiger partial charge on any atom is 0.0551 e. The molecule has 0 aliphatic rings. The van der Waals surface area contributed by atoms with E-state index in [4.69, 9.17) is 11.6 Å². The first kappa shape index (κ1) is 15.6. The fraction of sp³-hybridized carbons (Fsp3) is 0.294. The molecule has 0 aliphatic carbocycles. The summed E-state index contributed by atoms with van der Waals surface area (Å²) in [6.45, 7) is 4.30. The van der Waals surface area contributed by atoms with Gasteiger partial charge in [0.15, 0.2) is 0 Å². The van der Waals surface area contributed by atoms with Crippen LogP contribution in [0.2, 0.25) is 5.02 Å². The molecule has 0 bridgehead atoms. The molecule has 3 heteroatoms. The SMILES string of the molecule is CNC(Cc1cc(C)ccc1C)c1ccc(Br)c(Cl)c1. The van der Waals surface area contributed by atoms with Gasteiger partial charge in [0.1, 0.15) is 0 Å². The zero-order valence-electron chi connectivity index (χ0n) is 12.0. The van der Waals surface area contributed by atoms with Crippen LogP contribution in [0.1, 0.15) is 28.3 Å². The van der Waals surface area contributed by atoms with E-state index < -0.39 is 0 Å². The molecule has 1 unspecified atom stereocenters. The second kappa shape index (κ2) is 6.75. The van der Waals surface area contributed by atoms with Gasteiger partial charge in [0, 0.05) is 10.5 Å². The van der Waals surface area contributed by atoms with E-state index in [1.165, 1.54) is 22.3 Å². The van der Waals surface area contributed by atoms with E-state index in [1.807, 2.05) is 19.2 Å². The summed E-state index contributed by atoms with van der Waals surface area (Å²) in [5.74, 6) is 0. The highest BCUT2D eigenvalue weighted by Gasteiger charge is 2.13. The Bertz CT molecular complexity index is 610. The van der Waals surface area contributed by atoms with Crippen molar-refractivity contribution in [3.63, 3.8) is 0 Å². The minimum absolute atomic E-state index is 0.265. The Balaban J connectivity index is 2.28. The smallest absolute Gasteiger partial charge is 0.0551 e. The zero-order valence-corrected chi connectivity index (χ0v) is 14.3. The molecule has 1 atom stereocenters. The Kier molecular flexibility index (Phi) is 5.25. The van der Waals surface area contributed by atoms with Crippen molar-refractivity contribution in [3.05, 3.63) is 68.1 Å². The third-order valence-corrected chi connectivity index (χ3v) is 4.86. The molecule has 0 aromatic heterocycles. The zero-order chi connectivity index (χ0) is 14.7. The molecule has 0 fully saturated rings. The topological polar surface area (TPSA) is 12.0 Å². The molecule has 1 N–H and O–H groups in total. The molecule has 20 heavy (non-hydrogen) atoms. The summed E-state index contributed by atoms with van der Waals surface area (Å²) in [5, 5.41) is 4.14. The van der Waals surface area contributed by atoms with Crippen LogP contribution in [0.4, 0.5) is 0 Å². The van der Waals surface area contributed by atoms with Gasteiger partial charge in [0.2, 0.25) is 0 Å². The van der Waals surface area contributed by atoms with Gasteiger partial charge in [-0.1, -0.05) is 41.4 Å². The number of benzene rings is 2. The standard InChI is InChI=1S/C17H19BrClN/c1-11-4-5-12(2)14(8-11)10-17(20-3)13-6-7-15(18)16(19)9-13/h4-9,17,20H,10H2,1-3H3. The number of halogens is 2. The molecule has 1 nitrogen and oxygen atoms in total. The summed E-state index contributed by atoms with van der Waals surface area (Å²) < 4.78 is 0.935. The van der Waals surface area contributed by atoms with E-state index in [1.54, 1.807) is 0 Å². The molecule has 0 heterocycles. The largest absolute Gasteiger partial charge is 0.313 e. The van der Waals surface area contributed by atoms with Crippen LogP contribution >= 0.6 is 27.5 Å². The van der Waals surface area contributed by atoms with Gasteiger partial charge < -0.3 is 5.32 Å². The van der Waals surface area contributed by atoms with E-state index >= 15 is 0 Å². The highest BCUT2D eigenvalue weighted by molar-refractivity contribution is 9.10. The van der Waals surface area contributed by atoms with Crippen LogP contribution in [0, 0.1) is 13.8 Å². The number of aryl methyl sites for hydroxylation is 2. The first-order valence-electron chi connectivity index (χ1n) is 6.69. The van der Waals surface area contributed by atoms with Crippen molar-refractivity contribution in [3.8, 4) is 0 Å². The summed E-state index contributed by atoms with van der Waals surface area (Å²) in [5.41, 5.74) is 5.22. The number of nitrogens with one attached hydrogen (secondary N) is 1. The predicted molar refractivity (Wildman–Crippen MR) is 90.6 cm³/mol. The van der Waals surface area contributed by atoms with E-state index in [9.17, 15) is 0 Å². The van der Waals surface area contributed by atoms with Gasteiger partial charge in [-0.05, 0) is 72.1 Å². The average Bonchev–Trinajstić information content (AvgIpc) is 2.43. The molecular weight excluding hydrogens is 334 g/mol. The minimum atomic E-state index is 0.265. The van der Waals surface area contributed by atoms with Crippen LogP contribution in [0.5, 0.6) is 0 Å². The second-order valence-electron chi connectivity index (χ2n) is 5.15. The molecule has 0 radical (unpaired) electrons. The predicted octanol–water partition coefficient (Wildman–Crippen LogP) is 5.22. The fourth-order valence-corrected chi connectivity index (χ4v) is 2.79. The van der Waals surface area contributed by atoms with Gasteiger partial charge in [-0.15, -0.1) is 0 Å². The van der Waals surface area contributed by atoms with E-state index in [0.717, 1.165) is 15.9 Å². The number of hydrogen-bond donors (Lipinski definition) is 1. The van der Waals surface area contributed by atoms with Crippen LogP contribution in [0.15, 0.2) is 40.9 Å². The third kappa shape index (κ3) is 3.63. The van der Waals surface area contributed by atoms with Crippen molar-refractivity contribution in [2.75, 3.05) is 7.05 Å². The number of rotatable bonds is 4. The highest BCUT2D eigenvalue weighted by atomic mass is 79.9. The Morgan fingerprint density at radius 2 is 1.90 bits per heavy atom. The lowest BCUT2D eigenvalue weighted by atomic mass is 9.95. The fourth-order valence-electron chi connectivity index (χ4n) is 2.36. The molecule has 2 aromatic carbocycles. The van der Waals surface area contributed by atoms with Crippen LogP contribution in [0.25, 0.3) is 0 Å². The highest BCUT2D eigenvalue weighted by Crippen LogP contribution is 2.28. The molecule has 0 spiro atoms. The molecule has 0 saturated heterocycles. The lowest BCUT2D eigenvalue weighted by Crippen LogP contribution is -2.19. The summed E-state index contributed by atoms with van der Waals surface area (Å²) >= 11 is 9.64. The Morgan fingerprint density at radius 1 is 1.15 bits per heavy atom. The van der Waals surface area contributed by atoms with Gasteiger partial charge >= 0.3 is 0 Å². The van der Waals surface area contributed by atoms with E-state index in [2.05, 4.69) is 59.4 Å². The third-order valence-electron chi connectivity index (χ3n) is 3.62. The van der Waals surface area contributed by atoms with Crippen LogP contribution in [-0.2, 0) is 6.42 Å². The molecule has 2 aromatic rings. The van der Waals surface area contributed by atoms with Crippen molar-refractivity contribution in [2.24, 2.45) is 0 Å². The average molecular weight is 353 g/mol. The molecule has 0 amide bonds. The summed E-state index contributed by atoms with van der Waals surface area (Å²) in [7, 11) is 1.99. The molecule has 0 aliphatic heterocycles. The van der Waals surface area contributed by atoms with Gasteiger partial charge in [-0.25, -0.2) is 0 Å². The van der Waals surface area contributed by atoms with Crippen molar-refractivity contribution >= 4 is 27.5 Å². The summed E-state index contributed by atoms with van der Waals surface area (Å²) in [6.07, 6.45) is 0.960. The Hall–Kier alpha value is -0.830. The van der Waals surface area contributed by atoms with Gasteiger partial charge in [-0.2, -0.15) is 0 Å². The Morgan fingerprint density at radius 3 is 2.55 bits per heavy atom. The van der Waals surface area contributed by atoms with Gasteiger partial charge in [0.05, 0.1) is 5.02 Å². The quantitative estimate of drug-likeness (QED) is 0.795. The minimum Gasteiger partial charge on any atom is -0.313 e. The maximum atomic E-state index is 6.20. The first-order valence-corrected chi connectivity index (χ1v) is 7.86. The number of likely N-dealkylation sites (N-methyl/N-ethyl adjacent to an activating group) is 1. The lowest BCUT2D eigenvalue weighted by Gasteiger charge is -2.19.